The van der Waals surface area contributed by atoms with E-state index in [1.165, 1.54) is 11.1 Å². The van der Waals surface area contributed by atoms with Gasteiger partial charge in [-0.1, -0.05) is 146 Å². The van der Waals surface area contributed by atoms with Gasteiger partial charge in [-0.25, -0.2) is 0 Å². The van der Waals surface area contributed by atoms with Gasteiger partial charge in [-0.05, 0) is 64.7 Å². The van der Waals surface area contributed by atoms with E-state index in [0.29, 0.717) is 0 Å². The van der Waals surface area contributed by atoms with Gasteiger partial charge >= 0.3 is 0 Å². The summed E-state index contributed by atoms with van der Waals surface area (Å²) in [6.07, 6.45) is 0. The Morgan fingerprint density at radius 2 is 0.941 bits per heavy atom. The molecular formula is C48H31NO2. The van der Waals surface area contributed by atoms with Gasteiger partial charge in [0.1, 0.15) is 22.3 Å². The molecule has 3 heteroatoms. The Kier molecular flexibility index (Phi) is 6.81. The zero-order chi connectivity index (χ0) is 33.7. The number of fused-ring (bicyclic) bond motifs is 6. The van der Waals surface area contributed by atoms with Crippen molar-refractivity contribution in [2.24, 2.45) is 0 Å². The van der Waals surface area contributed by atoms with Crippen LogP contribution in [0.5, 0.6) is 0 Å². The molecule has 51 heavy (non-hydrogen) atoms. The summed E-state index contributed by atoms with van der Waals surface area (Å²) in [4.78, 5) is 2.37. The number of anilines is 3. The molecule has 0 atom stereocenters. The lowest BCUT2D eigenvalue weighted by atomic mass is 9.96. The monoisotopic (exact) mass is 653 g/mol. The maximum absolute atomic E-state index is 6.95. The van der Waals surface area contributed by atoms with Crippen molar-refractivity contribution >= 4 is 60.9 Å². The molecule has 8 aromatic carbocycles. The minimum atomic E-state index is 0.819. The molecule has 0 unspecified atom stereocenters. The van der Waals surface area contributed by atoms with Crippen molar-refractivity contribution in [3.63, 3.8) is 0 Å². The largest absolute Gasteiger partial charge is 0.456 e. The summed E-state index contributed by atoms with van der Waals surface area (Å²) in [6, 6.07) is 66.0. The Morgan fingerprint density at radius 1 is 0.353 bits per heavy atom. The van der Waals surface area contributed by atoms with Crippen LogP contribution in [-0.2, 0) is 0 Å². The highest BCUT2D eigenvalue weighted by Crippen LogP contribution is 2.50. The van der Waals surface area contributed by atoms with E-state index in [1.807, 2.05) is 12.1 Å². The summed E-state index contributed by atoms with van der Waals surface area (Å²) in [7, 11) is 0. The van der Waals surface area contributed by atoms with Gasteiger partial charge in [-0.15, -0.1) is 0 Å². The smallest absolute Gasteiger partial charge is 0.144 e. The van der Waals surface area contributed by atoms with E-state index in [0.717, 1.165) is 83.2 Å². The molecule has 0 spiro atoms. The molecule has 10 aromatic rings. The lowest BCUT2D eigenvalue weighted by Crippen LogP contribution is -2.11. The van der Waals surface area contributed by atoms with Gasteiger partial charge in [-0.3, -0.25) is 0 Å². The van der Waals surface area contributed by atoms with Crippen LogP contribution in [0.15, 0.2) is 197 Å². The fraction of sp³-hybridized carbons (Fsp3) is 0. The lowest BCUT2D eigenvalue weighted by molar-refractivity contribution is 0.664. The maximum atomic E-state index is 6.95. The molecule has 0 N–H and O–H groups in total. The van der Waals surface area contributed by atoms with E-state index in [4.69, 9.17) is 8.83 Å². The first-order chi connectivity index (χ1) is 25.3. The fourth-order valence-corrected chi connectivity index (χ4v) is 7.58. The van der Waals surface area contributed by atoms with Crippen LogP contribution in [0.4, 0.5) is 17.1 Å². The Morgan fingerprint density at radius 3 is 1.71 bits per heavy atom. The molecular weight excluding hydrogens is 623 g/mol. The minimum Gasteiger partial charge on any atom is -0.456 e. The second kappa shape index (κ2) is 11.9. The molecule has 2 aromatic heterocycles. The quantitative estimate of drug-likeness (QED) is 0.179. The summed E-state index contributed by atoms with van der Waals surface area (Å²) in [5.74, 6) is 0. The lowest BCUT2D eigenvalue weighted by Gasteiger charge is -2.28. The molecule has 0 saturated heterocycles. The molecule has 0 aliphatic heterocycles. The van der Waals surface area contributed by atoms with Crippen LogP contribution in [0.3, 0.4) is 0 Å². The zero-order valence-corrected chi connectivity index (χ0v) is 27.7. The second-order valence-electron chi connectivity index (χ2n) is 12.8. The number of benzene rings is 8. The summed E-state index contributed by atoms with van der Waals surface area (Å²) < 4.78 is 13.5. The van der Waals surface area contributed by atoms with Crippen LogP contribution in [0.25, 0.3) is 77.3 Å². The molecule has 0 saturated carbocycles. The van der Waals surface area contributed by atoms with E-state index >= 15 is 0 Å². The SMILES string of the molecule is c1ccc(-c2ccc(N(c3ccccc3-c3ccccc3)c3cccc4oc5c(-c6ccccc6)c6c(cc5c34)oc3ccccc36)cc2)cc1. The summed E-state index contributed by atoms with van der Waals surface area (Å²) in [6.45, 7) is 0. The standard InChI is InChI=1S/C48H31NO2/c1-4-15-32(16-5-1)33-27-29-36(30-28-33)49(40-23-12-10-21-37(40)34-17-6-2-7-18-34)41-24-14-26-43-46(41)39-31-44-47(38-22-11-13-25-42(38)50-44)45(48(39)51-43)35-19-8-3-9-20-35/h1-31H. The van der Waals surface area contributed by atoms with Crippen molar-refractivity contribution in [1.82, 2.24) is 0 Å². The van der Waals surface area contributed by atoms with Gasteiger partial charge in [0.05, 0.1) is 16.8 Å². The van der Waals surface area contributed by atoms with Gasteiger partial charge in [0, 0.05) is 33.0 Å². The van der Waals surface area contributed by atoms with Gasteiger partial charge in [0.15, 0.2) is 0 Å². The molecule has 0 amide bonds. The van der Waals surface area contributed by atoms with Crippen LogP contribution in [0.2, 0.25) is 0 Å². The van der Waals surface area contributed by atoms with Crippen molar-refractivity contribution in [2.75, 3.05) is 4.90 Å². The van der Waals surface area contributed by atoms with E-state index in [9.17, 15) is 0 Å². The van der Waals surface area contributed by atoms with Crippen LogP contribution >= 0.6 is 0 Å². The summed E-state index contributed by atoms with van der Waals surface area (Å²) in [5, 5.41) is 4.18. The third kappa shape index (κ3) is 4.82. The van der Waals surface area contributed by atoms with Crippen molar-refractivity contribution in [3.05, 3.63) is 188 Å². The van der Waals surface area contributed by atoms with Crippen molar-refractivity contribution < 1.29 is 8.83 Å². The third-order valence-electron chi connectivity index (χ3n) is 9.87. The number of rotatable bonds is 6. The van der Waals surface area contributed by atoms with Crippen LogP contribution < -0.4 is 4.90 Å². The van der Waals surface area contributed by atoms with E-state index in [1.54, 1.807) is 0 Å². The highest BCUT2D eigenvalue weighted by molar-refractivity contribution is 6.25. The highest BCUT2D eigenvalue weighted by atomic mass is 16.3. The van der Waals surface area contributed by atoms with Crippen LogP contribution in [0, 0.1) is 0 Å². The number of furan rings is 2. The van der Waals surface area contributed by atoms with Crippen LogP contribution in [0.1, 0.15) is 0 Å². The van der Waals surface area contributed by atoms with Gasteiger partial charge in [-0.2, -0.15) is 0 Å². The average Bonchev–Trinajstić information content (AvgIpc) is 3.77. The molecule has 0 aliphatic rings. The maximum Gasteiger partial charge on any atom is 0.144 e. The number of hydrogen-bond acceptors (Lipinski definition) is 3. The zero-order valence-electron chi connectivity index (χ0n) is 27.7. The van der Waals surface area contributed by atoms with E-state index < -0.39 is 0 Å². The Hall–Kier alpha value is -6.84. The Labute approximate surface area is 295 Å². The first kappa shape index (κ1) is 29.1. The van der Waals surface area contributed by atoms with Crippen molar-refractivity contribution in [2.45, 2.75) is 0 Å². The predicted octanol–water partition coefficient (Wildman–Crippen LogP) is 14.0. The number of nitrogens with zero attached hydrogens (tertiary/aromatic N) is 1. The van der Waals surface area contributed by atoms with Crippen LogP contribution in [-0.4, -0.2) is 0 Å². The Bertz CT molecular complexity index is 2830. The highest BCUT2D eigenvalue weighted by Gasteiger charge is 2.25. The average molecular weight is 654 g/mol. The van der Waals surface area contributed by atoms with Crippen molar-refractivity contribution in [1.29, 1.82) is 0 Å². The topological polar surface area (TPSA) is 29.5 Å². The number of hydrogen-bond donors (Lipinski definition) is 0. The predicted molar refractivity (Wildman–Crippen MR) is 212 cm³/mol. The van der Waals surface area contributed by atoms with E-state index in [-0.39, 0.29) is 0 Å². The fourth-order valence-electron chi connectivity index (χ4n) is 7.58. The minimum absolute atomic E-state index is 0.819. The molecule has 0 fully saturated rings. The molecule has 240 valence electrons. The first-order valence-corrected chi connectivity index (χ1v) is 17.3. The van der Waals surface area contributed by atoms with Crippen molar-refractivity contribution in [3.8, 4) is 33.4 Å². The van der Waals surface area contributed by atoms with Gasteiger partial charge < -0.3 is 13.7 Å². The van der Waals surface area contributed by atoms with Gasteiger partial charge in [0.2, 0.25) is 0 Å². The summed E-state index contributed by atoms with van der Waals surface area (Å²) in [5.41, 5.74) is 13.3. The molecule has 2 heterocycles. The second-order valence-corrected chi connectivity index (χ2v) is 12.8. The molecule has 3 nitrogen and oxygen atoms in total. The van der Waals surface area contributed by atoms with Gasteiger partial charge in [0.25, 0.3) is 0 Å². The number of para-hydroxylation sites is 2. The Balaban J connectivity index is 1.28. The summed E-state index contributed by atoms with van der Waals surface area (Å²) >= 11 is 0. The first-order valence-electron chi connectivity index (χ1n) is 17.3. The molecule has 0 bridgehead atoms. The molecule has 0 radical (unpaired) electrons. The normalized spacial score (nSPS) is 11.5. The molecule has 10 rings (SSSR count). The molecule has 0 aliphatic carbocycles. The van der Waals surface area contributed by atoms with E-state index in [2.05, 4.69) is 181 Å². The third-order valence-corrected chi connectivity index (χ3v) is 9.87.